The van der Waals surface area contributed by atoms with Crippen LogP contribution in [0.4, 0.5) is 0 Å². The molecule has 0 aliphatic heterocycles. The second-order valence-corrected chi connectivity index (χ2v) is 12.3. The third-order valence-corrected chi connectivity index (χ3v) is 8.91. The highest BCUT2D eigenvalue weighted by Crippen LogP contribution is 2.32. The monoisotopic (exact) mass is 643 g/mol. The lowest BCUT2D eigenvalue weighted by Gasteiger charge is -2.14. The van der Waals surface area contributed by atoms with Crippen molar-refractivity contribution in [2.24, 2.45) is 0 Å². The van der Waals surface area contributed by atoms with Gasteiger partial charge in [0.25, 0.3) is 0 Å². The Bertz CT molecular complexity index is 2450. The second kappa shape index (κ2) is 13.7. The zero-order chi connectivity index (χ0) is 33.9. The number of aliphatic hydroxyl groups is 1. The number of aryl methyl sites for hydroxylation is 4. The molecule has 0 aliphatic carbocycles. The summed E-state index contributed by atoms with van der Waals surface area (Å²) in [6, 6.07) is 35.0. The van der Waals surface area contributed by atoms with Crippen molar-refractivity contribution in [1.82, 2.24) is 24.9 Å². The molecule has 0 saturated carbocycles. The Morgan fingerprint density at radius 1 is 0.612 bits per heavy atom. The van der Waals surface area contributed by atoms with Gasteiger partial charge in [0.15, 0.2) is 0 Å². The number of benzene rings is 4. The number of aliphatic hydroxyl groups excluding tert-OH is 1. The first-order valence-electron chi connectivity index (χ1n) is 16.3. The largest absolute Gasteiger partial charge is 0.472 e. The van der Waals surface area contributed by atoms with Gasteiger partial charge in [0, 0.05) is 39.2 Å². The molecule has 4 aromatic heterocycles. The van der Waals surface area contributed by atoms with E-state index in [2.05, 4.69) is 97.2 Å². The number of hydrogen-bond donors (Lipinski definition) is 2. The van der Waals surface area contributed by atoms with Crippen LogP contribution in [-0.2, 0) is 13.2 Å². The van der Waals surface area contributed by atoms with Crippen molar-refractivity contribution < 1.29 is 9.84 Å². The number of pyridine rings is 2. The van der Waals surface area contributed by atoms with E-state index in [1.165, 1.54) is 17.5 Å². The molecule has 8 aromatic rings. The molecule has 7 nitrogen and oxygen atoms in total. The van der Waals surface area contributed by atoms with Crippen molar-refractivity contribution in [1.29, 1.82) is 0 Å². The first kappa shape index (κ1) is 31.7. The molecule has 0 bridgehead atoms. The molecule has 0 atom stereocenters. The molecule has 7 heteroatoms. The SMILES string of the molecule is Cc1ccccc1-c1nc2c(C)cccc2cc1CO.Cc1ccccc1-c1nc2c(C)cccc2cc1COc1ncnc2[nH]ccc12. The van der Waals surface area contributed by atoms with Gasteiger partial charge in [0.1, 0.15) is 18.6 Å². The molecule has 4 aromatic carbocycles. The van der Waals surface area contributed by atoms with E-state index in [1.54, 1.807) is 0 Å². The summed E-state index contributed by atoms with van der Waals surface area (Å²) in [5.41, 5.74) is 13.4. The summed E-state index contributed by atoms with van der Waals surface area (Å²) >= 11 is 0. The van der Waals surface area contributed by atoms with Gasteiger partial charge in [-0.1, -0.05) is 84.9 Å². The van der Waals surface area contributed by atoms with Gasteiger partial charge in [-0.3, -0.25) is 0 Å². The number of para-hydroxylation sites is 2. The first-order valence-corrected chi connectivity index (χ1v) is 16.3. The third-order valence-electron chi connectivity index (χ3n) is 8.91. The summed E-state index contributed by atoms with van der Waals surface area (Å²) in [4.78, 5) is 21.5. The van der Waals surface area contributed by atoms with E-state index < -0.39 is 0 Å². The summed E-state index contributed by atoms with van der Waals surface area (Å²) in [5, 5.41) is 12.7. The molecule has 0 saturated heterocycles. The lowest BCUT2D eigenvalue weighted by Crippen LogP contribution is -2.03. The zero-order valence-electron chi connectivity index (χ0n) is 28.0. The van der Waals surface area contributed by atoms with E-state index in [-0.39, 0.29) is 6.61 Å². The number of nitrogens with one attached hydrogen (secondary N) is 1. The molecule has 4 heterocycles. The molecular formula is C42H37N5O2. The standard InChI is InChI=1S/C24H20N4O.C18H17NO/c1-15-6-3-4-9-19(15)22-18(12-17-8-5-7-16(2)21(17)28-22)13-29-24-20-10-11-25-23(20)26-14-27-24;1-12-6-3-4-9-16(12)18-15(11-20)10-14-8-5-7-13(2)17(14)19-18/h3-12,14H,13H2,1-2H3,(H,25,26,27);3-10,20H,11H2,1-2H3. The third kappa shape index (κ3) is 6.36. The number of aromatic nitrogens is 5. The molecule has 0 unspecified atom stereocenters. The second-order valence-electron chi connectivity index (χ2n) is 12.3. The molecular weight excluding hydrogens is 606 g/mol. The minimum atomic E-state index is 0.000545. The van der Waals surface area contributed by atoms with Crippen LogP contribution in [-0.4, -0.2) is 30.0 Å². The van der Waals surface area contributed by atoms with Gasteiger partial charge in [0.2, 0.25) is 5.88 Å². The topological polar surface area (TPSA) is 96.8 Å². The highest BCUT2D eigenvalue weighted by atomic mass is 16.5. The fourth-order valence-corrected chi connectivity index (χ4v) is 6.26. The van der Waals surface area contributed by atoms with Crippen LogP contribution in [0.2, 0.25) is 0 Å². The normalized spacial score (nSPS) is 11.1. The maximum Gasteiger partial charge on any atom is 0.226 e. The minimum absolute atomic E-state index is 0.000545. The van der Waals surface area contributed by atoms with Gasteiger partial charge in [0.05, 0.1) is 34.4 Å². The Hall–Kier alpha value is -5.92. The zero-order valence-corrected chi connectivity index (χ0v) is 28.0. The molecule has 49 heavy (non-hydrogen) atoms. The summed E-state index contributed by atoms with van der Waals surface area (Å²) in [5.74, 6) is 0.566. The highest BCUT2D eigenvalue weighted by molar-refractivity contribution is 5.87. The number of aromatic amines is 1. The molecule has 0 aliphatic rings. The molecule has 2 N–H and O–H groups in total. The van der Waals surface area contributed by atoms with Crippen LogP contribution in [0.5, 0.6) is 5.88 Å². The summed E-state index contributed by atoms with van der Waals surface area (Å²) in [6.45, 7) is 8.71. The minimum Gasteiger partial charge on any atom is -0.472 e. The maximum atomic E-state index is 9.66. The number of fused-ring (bicyclic) bond motifs is 3. The van der Waals surface area contributed by atoms with Crippen molar-refractivity contribution in [2.45, 2.75) is 40.9 Å². The number of hydrogen-bond acceptors (Lipinski definition) is 6. The van der Waals surface area contributed by atoms with Gasteiger partial charge in [-0.25, -0.2) is 19.9 Å². The fourth-order valence-electron chi connectivity index (χ4n) is 6.26. The van der Waals surface area contributed by atoms with Crippen molar-refractivity contribution >= 4 is 32.8 Å². The Kier molecular flexibility index (Phi) is 8.83. The Morgan fingerprint density at radius 2 is 1.16 bits per heavy atom. The van der Waals surface area contributed by atoms with E-state index in [9.17, 15) is 5.11 Å². The summed E-state index contributed by atoms with van der Waals surface area (Å²) in [7, 11) is 0. The number of rotatable bonds is 6. The predicted molar refractivity (Wildman–Crippen MR) is 197 cm³/mol. The van der Waals surface area contributed by atoms with Crippen molar-refractivity contribution in [2.75, 3.05) is 0 Å². The van der Waals surface area contributed by atoms with Gasteiger partial charge in [-0.05, 0) is 68.1 Å². The van der Waals surface area contributed by atoms with Crippen LogP contribution < -0.4 is 4.74 Å². The van der Waals surface area contributed by atoms with E-state index in [1.807, 2.05) is 54.7 Å². The van der Waals surface area contributed by atoms with Crippen LogP contribution in [0.3, 0.4) is 0 Å². The van der Waals surface area contributed by atoms with Crippen molar-refractivity contribution in [3.05, 3.63) is 149 Å². The average Bonchev–Trinajstić information content (AvgIpc) is 3.61. The molecule has 0 fully saturated rings. The van der Waals surface area contributed by atoms with Crippen LogP contribution in [0.15, 0.2) is 116 Å². The number of H-pyrrole nitrogens is 1. The lowest BCUT2D eigenvalue weighted by atomic mass is 9.99. The van der Waals surface area contributed by atoms with E-state index in [0.29, 0.717) is 12.5 Å². The van der Waals surface area contributed by atoms with Gasteiger partial charge in [-0.2, -0.15) is 0 Å². The first-order chi connectivity index (χ1) is 23.9. The van der Waals surface area contributed by atoms with Crippen molar-refractivity contribution in [3.63, 3.8) is 0 Å². The fraction of sp³-hybridized carbons (Fsp3) is 0.143. The lowest BCUT2D eigenvalue weighted by molar-refractivity contribution is 0.282. The van der Waals surface area contributed by atoms with Gasteiger partial charge >= 0.3 is 0 Å². The average molecular weight is 644 g/mol. The van der Waals surface area contributed by atoms with Crippen LogP contribution in [0.25, 0.3) is 55.4 Å². The van der Waals surface area contributed by atoms with Gasteiger partial charge in [-0.15, -0.1) is 0 Å². The Morgan fingerprint density at radius 3 is 1.76 bits per heavy atom. The molecule has 242 valence electrons. The molecule has 0 radical (unpaired) electrons. The maximum absolute atomic E-state index is 9.66. The Balaban J connectivity index is 0.000000166. The van der Waals surface area contributed by atoms with E-state index >= 15 is 0 Å². The number of nitrogens with zero attached hydrogens (tertiary/aromatic N) is 4. The molecule has 8 rings (SSSR count). The highest BCUT2D eigenvalue weighted by Gasteiger charge is 2.15. The smallest absolute Gasteiger partial charge is 0.226 e. The van der Waals surface area contributed by atoms with E-state index in [0.717, 1.165) is 77.6 Å². The molecule has 0 amide bonds. The summed E-state index contributed by atoms with van der Waals surface area (Å²) in [6.07, 6.45) is 3.35. The molecule has 0 spiro atoms. The van der Waals surface area contributed by atoms with Gasteiger partial charge < -0.3 is 14.8 Å². The van der Waals surface area contributed by atoms with Crippen LogP contribution >= 0.6 is 0 Å². The van der Waals surface area contributed by atoms with E-state index in [4.69, 9.17) is 14.7 Å². The predicted octanol–water partition coefficient (Wildman–Crippen LogP) is 9.38. The quantitative estimate of drug-likeness (QED) is 0.187. The van der Waals surface area contributed by atoms with Crippen LogP contribution in [0, 0.1) is 27.7 Å². The number of ether oxygens (including phenoxy) is 1. The van der Waals surface area contributed by atoms with Crippen LogP contribution in [0.1, 0.15) is 33.4 Å². The van der Waals surface area contributed by atoms with Crippen molar-refractivity contribution in [3.8, 4) is 28.4 Å². The Labute approximate surface area is 285 Å². The summed E-state index contributed by atoms with van der Waals surface area (Å²) < 4.78 is 6.13.